The Labute approximate surface area is 125 Å². The summed E-state index contributed by atoms with van der Waals surface area (Å²) in [4.78, 5) is 8.35. The monoisotopic (exact) mass is 286 g/mol. The Hall–Kier alpha value is -2.14. The average Bonchev–Trinajstić information content (AvgIpc) is 2.54. The van der Waals surface area contributed by atoms with E-state index in [1.54, 1.807) is 6.07 Å². The highest BCUT2D eigenvalue weighted by Gasteiger charge is 2.25. The number of hydrogen-bond acceptors (Lipinski definition) is 5. The zero-order chi connectivity index (χ0) is 15.1. The molecule has 21 heavy (non-hydrogen) atoms. The van der Waals surface area contributed by atoms with E-state index in [4.69, 9.17) is 10.5 Å². The van der Waals surface area contributed by atoms with Crippen molar-refractivity contribution in [1.82, 2.24) is 9.97 Å². The maximum Gasteiger partial charge on any atom is 0.218 e. The number of hydrogen-bond donors (Lipinski definition) is 2. The number of nitrogens with one attached hydrogen (secondary N) is 1. The van der Waals surface area contributed by atoms with Crippen LogP contribution in [0.2, 0.25) is 0 Å². The van der Waals surface area contributed by atoms with Crippen LogP contribution in [0.25, 0.3) is 0 Å². The second-order valence-corrected chi connectivity index (χ2v) is 5.12. The second kappa shape index (κ2) is 7.04. The summed E-state index contributed by atoms with van der Waals surface area (Å²) in [6, 6.07) is 11.9. The van der Waals surface area contributed by atoms with Crippen molar-refractivity contribution in [2.75, 3.05) is 18.5 Å². The molecule has 2 rings (SSSR count). The van der Waals surface area contributed by atoms with Gasteiger partial charge in [-0.1, -0.05) is 37.3 Å². The third kappa shape index (κ3) is 3.92. The predicted octanol–water partition coefficient (Wildman–Crippen LogP) is 2.55. The van der Waals surface area contributed by atoms with Gasteiger partial charge >= 0.3 is 0 Å². The molecule has 0 aliphatic heterocycles. The van der Waals surface area contributed by atoms with E-state index in [9.17, 15) is 0 Å². The van der Waals surface area contributed by atoms with Crippen molar-refractivity contribution in [2.45, 2.75) is 25.8 Å². The fourth-order valence-corrected chi connectivity index (χ4v) is 2.02. The molecule has 0 amide bonds. The van der Waals surface area contributed by atoms with Crippen LogP contribution in [0.15, 0.2) is 42.7 Å². The maximum atomic E-state index is 5.97. The van der Waals surface area contributed by atoms with Gasteiger partial charge in [0.25, 0.3) is 0 Å². The lowest BCUT2D eigenvalue weighted by molar-refractivity contribution is 0.305. The highest BCUT2D eigenvalue weighted by Crippen LogP contribution is 2.25. The summed E-state index contributed by atoms with van der Waals surface area (Å²) in [6.45, 7) is 5.20. The van der Waals surface area contributed by atoms with Crippen LogP contribution in [0.5, 0.6) is 5.88 Å². The minimum Gasteiger partial charge on any atom is -0.478 e. The molecule has 2 aromatic rings. The van der Waals surface area contributed by atoms with Gasteiger partial charge < -0.3 is 15.8 Å². The number of aromatic nitrogens is 2. The van der Waals surface area contributed by atoms with Crippen molar-refractivity contribution in [3.63, 3.8) is 0 Å². The number of nitrogens with zero attached hydrogens (tertiary/aromatic N) is 2. The number of nitrogens with two attached hydrogens (primary N) is 1. The van der Waals surface area contributed by atoms with Gasteiger partial charge in [-0.2, -0.15) is 0 Å². The smallest absolute Gasteiger partial charge is 0.218 e. The van der Waals surface area contributed by atoms with Gasteiger partial charge in [0.2, 0.25) is 5.88 Å². The Morgan fingerprint density at radius 3 is 2.67 bits per heavy atom. The lowest BCUT2D eigenvalue weighted by Gasteiger charge is -2.30. The average molecular weight is 286 g/mol. The molecule has 0 spiro atoms. The third-order valence-corrected chi connectivity index (χ3v) is 3.32. The molecule has 1 aromatic heterocycles. The Morgan fingerprint density at radius 1 is 1.24 bits per heavy atom. The zero-order valence-corrected chi connectivity index (χ0v) is 12.5. The molecule has 1 atom stereocenters. The normalized spacial score (nSPS) is 13.5. The topological polar surface area (TPSA) is 73.1 Å². The van der Waals surface area contributed by atoms with Gasteiger partial charge in [-0.3, -0.25) is 0 Å². The van der Waals surface area contributed by atoms with E-state index in [2.05, 4.69) is 41.3 Å². The quantitative estimate of drug-likeness (QED) is 0.818. The minimum atomic E-state index is -0.391. The predicted molar refractivity (Wildman–Crippen MR) is 84.3 cm³/mol. The van der Waals surface area contributed by atoms with Crippen molar-refractivity contribution in [3.05, 3.63) is 48.3 Å². The summed E-state index contributed by atoms with van der Waals surface area (Å²) in [7, 11) is 0. The number of ether oxygens (including phenoxy) is 1. The van der Waals surface area contributed by atoms with Crippen LogP contribution in [0.3, 0.4) is 0 Å². The van der Waals surface area contributed by atoms with Gasteiger partial charge in [0, 0.05) is 12.6 Å². The molecule has 0 saturated carbocycles. The highest BCUT2D eigenvalue weighted by molar-refractivity contribution is 5.43. The van der Waals surface area contributed by atoms with E-state index < -0.39 is 5.54 Å². The third-order valence-electron chi connectivity index (χ3n) is 3.32. The van der Waals surface area contributed by atoms with Gasteiger partial charge in [-0.25, -0.2) is 9.97 Å². The Morgan fingerprint density at radius 2 is 2.00 bits per heavy atom. The maximum absolute atomic E-state index is 5.97. The fourth-order valence-electron chi connectivity index (χ4n) is 2.02. The first-order chi connectivity index (χ1) is 10.2. The molecule has 3 N–H and O–H groups in total. The molecule has 112 valence electrons. The minimum absolute atomic E-state index is 0.391. The van der Waals surface area contributed by atoms with Crippen LogP contribution in [0.1, 0.15) is 25.8 Å². The van der Waals surface area contributed by atoms with Gasteiger partial charge in [-0.05, 0) is 18.9 Å². The van der Waals surface area contributed by atoms with E-state index in [1.807, 2.05) is 18.2 Å². The van der Waals surface area contributed by atoms with Crippen LogP contribution in [0.4, 0.5) is 5.82 Å². The molecule has 0 bridgehead atoms. The Balaban J connectivity index is 2.18. The van der Waals surface area contributed by atoms with E-state index in [1.165, 1.54) is 6.33 Å². The molecule has 0 fully saturated rings. The largest absolute Gasteiger partial charge is 0.478 e. The van der Waals surface area contributed by atoms with Crippen molar-refractivity contribution >= 4 is 5.82 Å². The van der Waals surface area contributed by atoms with E-state index in [0.29, 0.717) is 24.8 Å². The fraction of sp³-hybridized carbons (Fsp3) is 0.375. The van der Waals surface area contributed by atoms with Gasteiger partial charge in [0.05, 0.1) is 12.1 Å². The van der Waals surface area contributed by atoms with E-state index >= 15 is 0 Å². The SMILES string of the molecule is CCCOc1cc(NC(C)(CN)c2ccccc2)ncn1. The van der Waals surface area contributed by atoms with Crippen LogP contribution < -0.4 is 15.8 Å². The number of anilines is 1. The van der Waals surface area contributed by atoms with Crippen LogP contribution in [-0.4, -0.2) is 23.1 Å². The van der Waals surface area contributed by atoms with Crippen molar-refractivity contribution < 1.29 is 4.74 Å². The second-order valence-electron chi connectivity index (χ2n) is 5.12. The van der Waals surface area contributed by atoms with Crippen LogP contribution in [-0.2, 0) is 5.54 Å². The molecule has 1 unspecified atom stereocenters. The van der Waals surface area contributed by atoms with Crippen molar-refractivity contribution in [3.8, 4) is 5.88 Å². The van der Waals surface area contributed by atoms with E-state index in [0.717, 1.165) is 12.0 Å². The molecule has 0 aliphatic carbocycles. The molecule has 0 radical (unpaired) electrons. The summed E-state index contributed by atoms with van der Waals surface area (Å²) >= 11 is 0. The Kier molecular flexibility index (Phi) is 5.11. The molecular weight excluding hydrogens is 264 g/mol. The van der Waals surface area contributed by atoms with Crippen LogP contribution in [0, 0.1) is 0 Å². The van der Waals surface area contributed by atoms with Gasteiger partial charge in [0.15, 0.2) is 0 Å². The standard InChI is InChI=1S/C16H22N4O/c1-3-9-21-15-10-14(18-12-19-15)20-16(2,11-17)13-7-5-4-6-8-13/h4-8,10,12H,3,9,11,17H2,1-2H3,(H,18,19,20). The summed E-state index contributed by atoms with van der Waals surface area (Å²) < 4.78 is 5.53. The molecule has 0 saturated heterocycles. The molecule has 1 aromatic carbocycles. The lowest BCUT2D eigenvalue weighted by Crippen LogP contribution is -2.40. The lowest BCUT2D eigenvalue weighted by atomic mass is 9.92. The number of rotatable bonds is 7. The van der Waals surface area contributed by atoms with E-state index in [-0.39, 0.29) is 0 Å². The number of benzene rings is 1. The summed E-state index contributed by atoms with van der Waals surface area (Å²) in [6.07, 6.45) is 2.44. The first-order valence-corrected chi connectivity index (χ1v) is 7.16. The van der Waals surface area contributed by atoms with Crippen LogP contribution >= 0.6 is 0 Å². The summed E-state index contributed by atoms with van der Waals surface area (Å²) in [5.74, 6) is 1.27. The summed E-state index contributed by atoms with van der Waals surface area (Å²) in [5.41, 5.74) is 6.69. The van der Waals surface area contributed by atoms with Crippen molar-refractivity contribution in [2.24, 2.45) is 5.73 Å². The summed E-state index contributed by atoms with van der Waals surface area (Å²) in [5, 5.41) is 3.38. The first-order valence-electron chi connectivity index (χ1n) is 7.16. The molecule has 5 heteroatoms. The highest BCUT2D eigenvalue weighted by atomic mass is 16.5. The molecular formula is C16H22N4O. The van der Waals surface area contributed by atoms with Gasteiger partial charge in [0.1, 0.15) is 12.1 Å². The Bertz CT molecular complexity index is 561. The first kappa shape index (κ1) is 15.3. The van der Waals surface area contributed by atoms with Gasteiger partial charge in [-0.15, -0.1) is 0 Å². The van der Waals surface area contributed by atoms with Crippen molar-refractivity contribution in [1.29, 1.82) is 0 Å². The molecule has 0 aliphatic rings. The molecule has 5 nitrogen and oxygen atoms in total. The molecule has 1 heterocycles. The zero-order valence-electron chi connectivity index (χ0n) is 12.5.